The van der Waals surface area contributed by atoms with Gasteiger partial charge in [-0.15, -0.1) is 0 Å². The number of anilines is 1. The Morgan fingerprint density at radius 3 is 2.74 bits per heavy atom. The summed E-state index contributed by atoms with van der Waals surface area (Å²) in [6.07, 6.45) is 2.29. The van der Waals surface area contributed by atoms with Crippen LogP contribution in [0.15, 0.2) is 11.0 Å². The lowest BCUT2D eigenvalue weighted by molar-refractivity contribution is 0.266. The summed E-state index contributed by atoms with van der Waals surface area (Å²) in [5.41, 5.74) is 0.284. The third-order valence-corrected chi connectivity index (χ3v) is 3.15. The maximum Gasteiger partial charge on any atom is 0.287 e. The van der Waals surface area contributed by atoms with Crippen LogP contribution in [-0.4, -0.2) is 28.0 Å². The molecule has 0 radical (unpaired) electrons. The molecule has 0 bridgehead atoms. The number of aliphatic hydroxyl groups excluding tert-OH is 1. The Morgan fingerprint density at radius 1 is 1.47 bits per heavy atom. The van der Waals surface area contributed by atoms with E-state index in [0.717, 1.165) is 0 Å². The first-order valence-electron chi connectivity index (χ1n) is 6.56. The van der Waals surface area contributed by atoms with Gasteiger partial charge in [-0.1, -0.05) is 32.4 Å². The Labute approximate surface area is 118 Å². The maximum atomic E-state index is 12.0. The van der Waals surface area contributed by atoms with Crippen LogP contribution in [0.25, 0.3) is 0 Å². The SMILES string of the molecule is CC(C)Cn1ncc(NCC(C)CCO)c(Cl)c1=O. The molecule has 0 saturated heterocycles. The van der Waals surface area contributed by atoms with Crippen molar-refractivity contribution in [1.29, 1.82) is 0 Å². The van der Waals surface area contributed by atoms with Gasteiger partial charge in [0.2, 0.25) is 0 Å². The summed E-state index contributed by atoms with van der Waals surface area (Å²) in [5.74, 6) is 0.642. The van der Waals surface area contributed by atoms with E-state index in [-0.39, 0.29) is 17.2 Å². The van der Waals surface area contributed by atoms with Gasteiger partial charge >= 0.3 is 0 Å². The average molecular weight is 288 g/mol. The van der Waals surface area contributed by atoms with E-state index in [0.29, 0.717) is 37.0 Å². The van der Waals surface area contributed by atoms with Crippen LogP contribution < -0.4 is 10.9 Å². The van der Waals surface area contributed by atoms with Crippen molar-refractivity contribution in [2.45, 2.75) is 33.7 Å². The lowest BCUT2D eigenvalue weighted by atomic mass is 10.1. The normalized spacial score (nSPS) is 12.7. The lowest BCUT2D eigenvalue weighted by Gasteiger charge is -2.14. The average Bonchev–Trinajstić information content (AvgIpc) is 2.34. The Bertz CT molecular complexity index is 460. The van der Waals surface area contributed by atoms with Crippen molar-refractivity contribution in [3.8, 4) is 0 Å². The fraction of sp³-hybridized carbons (Fsp3) is 0.692. The van der Waals surface area contributed by atoms with Crippen LogP contribution in [0.1, 0.15) is 27.2 Å². The molecule has 0 aromatic carbocycles. The van der Waals surface area contributed by atoms with Gasteiger partial charge in [0, 0.05) is 19.7 Å². The number of rotatable bonds is 7. The second-order valence-electron chi connectivity index (χ2n) is 5.25. The van der Waals surface area contributed by atoms with Crippen LogP contribution in [0.4, 0.5) is 5.69 Å². The van der Waals surface area contributed by atoms with E-state index in [4.69, 9.17) is 16.7 Å². The molecule has 1 aromatic heterocycles. The number of hydrogen-bond acceptors (Lipinski definition) is 4. The van der Waals surface area contributed by atoms with Crippen molar-refractivity contribution in [3.05, 3.63) is 21.6 Å². The lowest BCUT2D eigenvalue weighted by Crippen LogP contribution is -2.26. The molecule has 0 saturated carbocycles. The molecule has 1 unspecified atom stereocenters. The third-order valence-electron chi connectivity index (χ3n) is 2.79. The van der Waals surface area contributed by atoms with Gasteiger partial charge < -0.3 is 10.4 Å². The van der Waals surface area contributed by atoms with Gasteiger partial charge in [0.15, 0.2) is 0 Å². The highest BCUT2D eigenvalue weighted by Gasteiger charge is 2.11. The number of hydrogen-bond donors (Lipinski definition) is 2. The van der Waals surface area contributed by atoms with Crippen molar-refractivity contribution in [2.24, 2.45) is 11.8 Å². The minimum Gasteiger partial charge on any atom is -0.396 e. The summed E-state index contributed by atoms with van der Waals surface area (Å²) in [4.78, 5) is 12.0. The molecule has 1 rings (SSSR count). The molecule has 19 heavy (non-hydrogen) atoms. The molecule has 5 nitrogen and oxygen atoms in total. The van der Waals surface area contributed by atoms with E-state index in [1.165, 1.54) is 4.68 Å². The molecule has 2 N–H and O–H groups in total. The van der Waals surface area contributed by atoms with Crippen LogP contribution in [0.2, 0.25) is 5.02 Å². The Hall–Kier alpha value is -1.07. The number of aliphatic hydroxyl groups is 1. The Kier molecular flexibility index (Phi) is 6.31. The summed E-state index contributed by atoms with van der Waals surface area (Å²) >= 11 is 6.06. The molecular weight excluding hydrogens is 266 g/mol. The molecule has 0 fully saturated rings. The summed E-state index contributed by atoms with van der Waals surface area (Å²) in [7, 11) is 0. The second kappa shape index (κ2) is 7.50. The van der Waals surface area contributed by atoms with Crippen LogP contribution in [0.5, 0.6) is 0 Å². The standard InChI is InChI=1S/C13H22ClN3O2/c1-9(2)8-17-13(19)12(14)11(7-16-17)15-6-10(3)4-5-18/h7,9-10,15,18H,4-6,8H2,1-3H3. The topological polar surface area (TPSA) is 67.2 Å². The van der Waals surface area contributed by atoms with Gasteiger partial charge in [0.25, 0.3) is 5.56 Å². The van der Waals surface area contributed by atoms with Gasteiger partial charge in [0.05, 0.1) is 11.9 Å². The van der Waals surface area contributed by atoms with Crippen molar-refractivity contribution in [3.63, 3.8) is 0 Å². The maximum absolute atomic E-state index is 12.0. The zero-order valence-corrected chi connectivity index (χ0v) is 12.4. The highest BCUT2D eigenvalue weighted by Crippen LogP contribution is 2.16. The quantitative estimate of drug-likeness (QED) is 0.805. The van der Waals surface area contributed by atoms with Crippen molar-refractivity contribution in [1.82, 2.24) is 9.78 Å². The number of nitrogens with one attached hydrogen (secondary N) is 1. The van der Waals surface area contributed by atoms with Gasteiger partial charge in [-0.25, -0.2) is 4.68 Å². The van der Waals surface area contributed by atoms with Crippen LogP contribution in [0.3, 0.4) is 0 Å². The molecule has 108 valence electrons. The molecule has 0 spiro atoms. The molecule has 0 aliphatic heterocycles. The Morgan fingerprint density at radius 2 is 2.16 bits per heavy atom. The zero-order chi connectivity index (χ0) is 14.4. The van der Waals surface area contributed by atoms with Crippen LogP contribution >= 0.6 is 11.6 Å². The highest BCUT2D eigenvalue weighted by molar-refractivity contribution is 6.32. The predicted octanol–water partition coefficient (Wildman–Crippen LogP) is 1.98. The zero-order valence-electron chi connectivity index (χ0n) is 11.7. The molecule has 6 heteroatoms. The van der Waals surface area contributed by atoms with E-state index < -0.39 is 0 Å². The number of aromatic nitrogens is 2. The van der Waals surface area contributed by atoms with Crippen molar-refractivity contribution >= 4 is 17.3 Å². The molecule has 1 aromatic rings. The molecule has 1 heterocycles. The van der Waals surface area contributed by atoms with Crippen molar-refractivity contribution < 1.29 is 5.11 Å². The van der Waals surface area contributed by atoms with Crippen LogP contribution in [-0.2, 0) is 6.54 Å². The van der Waals surface area contributed by atoms with E-state index >= 15 is 0 Å². The molecule has 0 aliphatic carbocycles. The minimum atomic E-state index is -0.268. The van der Waals surface area contributed by atoms with Gasteiger partial charge in [-0.2, -0.15) is 5.10 Å². The highest BCUT2D eigenvalue weighted by atomic mass is 35.5. The largest absolute Gasteiger partial charge is 0.396 e. The molecule has 0 amide bonds. The van der Waals surface area contributed by atoms with Crippen LogP contribution in [0, 0.1) is 11.8 Å². The molecular formula is C13H22ClN3O2. The fourth-order valence-corrected chi connectivity index (χ4v) is 1.88. The predicted molar refractivity (Wildman–Crippen MR) is 77.7 cm³/mol. The Balaban J connectivity index is 2.76. The molecule has 0 aliphatic rings. The summed E-state index contributed by atoms with van der Waals surface area (Å²) < 4.78 is 1.38. The summed E-state index contributed by atoms with van der Waals surface area (Å²) in [6, 6.07) is 0. The second-order valence-corrected chi connectivity index (χ2v) is 5.63. The van der Waals surface area contributed by atoms with E-state index in [1.807, 2.05) is 20.8 Å². The minimum absolute atomic E-state index is 0.158. The number of halogens is 1. The van der Waals surface area contributed by atoms with Gasteiger partial charge in [-0.3, -0.25) is 4.79 Å². The van der Waals surface area contributed by atoms with E-state index in [1.54, 1.807) is 6.20 Å². The summed E-state index contributed by atoms with van der Waals surface area (Å²) in [5, 5.41) is 16.2. The molecule has 1 atom stereocenters. The van der Waals surface area contributed by atoms with Gasteiger partial charge in [-0.05, 0) is 18.3 Å². The first kappa shape index (κ1) is 16.0. The smallest absolute Gasteiger partial charge is 0.287 e. The first-order chi connectivity index (χ1) is 8.95. The van der Waals surface area contributed by atoms with Gasteiger partial charge in [0.1, 0.15) is 5.02 Å². The van der Waals surface area contributed by atoms with Crippen molar-refractivity contribution in [2.75, 3.05) is 18.5 Å². The number of nitrogens with zero attached hydrogens (tertiary/aromatic N) is 2. The fourth-order valence-electron chi connectivity index (χ4n) is 1.67. The first-order valence-corrected chi connectivity index (χ1v) is 6.93. The summed E-state index contributed by atoms with van der Waals surface area (Å²) in [6.45, 7) is 7.42. The van der Waals surface area contributed by atoms with E-state index in [2.05, 4.69) is 10.4 Å². The monoisotopic (exact) mass is 287 g/mol. The third kappa shape index (κ3) is 4.84. The van der Waals surface area contributed by atoms with E-state index in [9.17, 15) is 4.79 Å².